The normalized spacial score (nSPS) is 21.7. The van der Waals surface area contributed by atoms with E-state index in [1.54, 1.807) is 6.33 Å². The first-order valence-corrected chi connectivity index (χ1v) is 8.99. The molecule has 1 aliphatic rings. The first kappa shape index (κ1) is 15.2. The summed E-state index contributed by atoms with van der Waals surface area (Å²) >= 11 is 10.0. The number of benzene rings is 2. The number of nitrogens with zero attached hydrogens (tertiary/aromatic N) is 1. The van der Waals surface area contributed by atoms with Crippen LogP contribution in [0.1, 0.15) is 29.4 Å². The van der Waals surface area contributed by atoms with Crippen molar-refractivity contribution < 1.29 is 0 Å². The zero-order chi connectivity index (χ0) is 15.8. The number of hydrogen-bond acceptors (Lipinski definition) is 2. The van der Waals surface area contributed by atoms with Gasteiger partial charge in [-0.15, -0.1) is 0 Å². The minimum Gasteiger partial charge on any atom is -0.345 e. The molecular formula is C18H17BrClN3. The summed E-state index contributed by atoms with van der Waals surface area (Å²) in [5.74, 6) is 0.772. The Morgan fingerprint density at radius 3 is 2.91 bits per heavy atom. The Balaban J connectivity index is 1.80. The molecule has 2 atom stereocenters. The summed E-state index contributed by atoms with van der Waals surface area (Å²) in [4.78, 5) is 7.76. The van der Waals surface area contributed by atoms with E-state index in [9.17, 15) is 0 Å². The molecule has 0 radical (unpaired) electrons. The summed E-state index contributed by atoms with van der Waals surface area (Å²) in [6.07, 6.45) is 2.86. The molecular weight excluding hydrogens is 374 g/mol. The zero-order valence-corrected chi connectivity index (χ0v) is 14.9. The number of fused-ring (bicyclic) bond motifs is 1. The lowest BCUT2D eigenvalue weighted by atomic mass is 9.77. The number of aromatic nitrogens is 2. The van der Waals surface area contributed by atoms with Gasteiger partial charge in [0.25, 0.3) is 0 Å². The molecule has 23 heavy (non-hydrogen) atoms. The number of rotatable bonds is 2. The van der Waals surface area contributed by atoms with E-state index in [-0.39, 0.29) is 0 Å². The molecule has 0 aliphatic carbocycles. The fourth-order valence-corrected chi connectivity index (χ4v) is 4.46. The van der Waals surface area contributed by atoms with Crippen LogP contribution >= 0.6 is 27.5 Å². The van der Waals surface area contributed by atoms with Gasteiger partial charge in [-0.3, -0.25) is 0 Å². The largest absolute Gasteiger partial charge is 0.345 e. The van der Waals surface area contributed by atoms with Crippen molar-refractivity contribution in [2.24, 2.45) is 0 Å². The van der Waals surface area contributed by atoms with Crippen molar-refractivity contribution in [1.29, 1.82) is 0 Å². The van der Waals surface area contributed by atoms with Gasteiger partial charge in [0.05, 0.1) is 17.4 Å². The highest BCUT2D eigenvalue weighted by atomic mass is 79.9. The maximum Gasteiger partial charge on any atom is 0.0931 e. The van der Waals surface area contributed by atoms with Crippen LogP contribution in [0.2, 0.25) is 5.02 Å². The lowest BCUT2D eigenvalue weighted by Gasteiger charge is -2.33. The van der Waals surface area contributed by atoms with Crippen molar-refractivity contribution in [2.75, 3.05) is 13.1 Å². The molecule has 0 spiro atoms. The molecule has 2 N–H and O–H groups in total. The number of H-pyrrole nitrogens is 1. The second-order valence-electron chi connectivity index (χ2n) is 6.02. The minimum absolute atomic E-state index is 0.353. The topological polar surface area (TPSA) is 40.7 Å². The smallest absolute Gasteiger partial charge is 0.0931 e. The Labute approximate surface area is 148 Å². The number of nitrogens with one attached hydrogen (secondary N) is 2. The predicted octanol–water partition coefficient (Wildman–Crippen LogP) is 4.84. The van der Waals surface area contributed by atoms with Gasteiger partial charge in [0, 0.05) is 22.0 Å². The molecule has 5 heteroatoms. The van der Waals surface area contributed by atoms with Gasteiger partial charge in [0.1, 0.15) is 0 Å². The van der Waals surface area contributed by atoms with Crippen molar-refractivity contribution >= 4 is 38.6 Å². The molecule has 118 valence electrons. The number of halogens is 2. The van der Waals surface area contributed by atoms with Crippen molar-refractivity contribution in [1.82, 2.24) is 15.3 Å². The van der Waals surface area contributed by atoms with E-state index in [0.717, 1.165) is 40.0 Å². The molecule has 0 saturated carbocycles. The summed E-state index contributed by atoms with van der Waals surface area (Å²) in [5, 5.41) is 4.34. The van der Waals surface area contributed by atoms with Crippen LogP contribution in [0.15, 0.2) is 47.2 Å². The van der Waals surface area contributed by atoms with Crippen LogP contribution in [-0.2, 0) is 0 Å². The van der Waals surface area contributed by atoms with Crippen molar-refractivity contribution in [3.63, 3.8) is 0 Å². The van der Waals surface area contributed by atoms with Gasteiger partial charge in [-0.25, -0.2) is 4.98 Å². The van der Waals surface area contributed by atoms with Crippen LogP contribution in [0.5, 0.6) is 0 Å². The summed E-state index contributed by atoms with van der Waals surface area (Å²) < 4.78 is 1.01. The quantitative estimate of drug-likeness (QED) is 0.657. The number of hydrogen-bond donors (Lipinski definition) is 2. The van der Waals surface area contributed by atoms with Gasteiger partial charge in [-0.1, -0.05) is 45.7 Å². The summed E-state index contributed by atoms with van der Waals surface area (Å²) in [6, 6.07) is 12.6. The summed E-state index contributed by atoms with van der Waals surface area (Å²) in [5.41, 5.74) is 4.70. The maximum atomic E-state index is 6.53. The molecule has 4 rings (SSSR count). The Morgan fingerprint density at radius 2 is 2.04 bits per heavy atom. The van der Waals surface area contributed by atoms with Crippen LogP contribution in [0.25, 0.3) is 11.0 Å². The molecule has 1 saturated heterocycles. The fraction of sp³-hybridized carbons (Fsp3) is 0.278. The van der Waals surface area contributed by atoms with E-state index in [2.05, 4.69) is 61.5 Å². The van der Waals surface area contributed by atoms with E-state index >= 15 is 0 Å². The fourth-order valence-electron chi connectivity index (χ4n) is 3.65. The van der Waals surface area contributed by atoms with Gasteiger partial charge >= 0.3 is 0 Å². The Morgan fingerprint density at radius 1 is 1.13 bits per heavy atom. The molecule has 1 fully saturated rings. The predicted molar refractivity (Wildman–Crippen MR) is 98.2 cm³/mol. The molecule has 0 unspecified atom stereocenters. The summed E-state index contributed by atoms with van der Waals surface area (Å²) in [6.45, 7) is 1.96. The third-order valence-electron chi connectivity index (χ3n) is 4.72. The number of aromatic amines is 1. The van der Waals surface area contributed by atoms with Gasteiger partial charge < -0.3 is 10.3 Å². The Hall–Kier alpha value is -1.36. The van der Waals surface area contributed by atoms with Crippen molar-refractivity contribution in [3.8, 4) is 0 Å². The van der Waals surface area contributed by atoms with E-state index in [1.165, 1.54) is 11.1 Å². The van der Waals surface area contributed by atoms with Crippen molar-refractivity contribution in [2.45, 2.75) is 18.3 Å². The molecule has 1 aliphatic heterocycles. The first-order valence-electron chi connectivity index (χ1n) is 7.81. The number of imidazole rings is 1. The molecule has 0 amide bonds. The second-order valence-corrected chi connectivity index (χ2v) is 7.34. The Bertz CT molecular complexity index is 845. The highest BCUT2D eigenvalue weighted by molar-refractivity contribution is 9.10. The summed E-state index contributed by atoms with van der Waals surface area (Å²) in [7, 11) is 0. The average molecular weight is 391 g/mol. The molecule has 0 bridgehead atoms. The van der Waals surface area contributed by atoms with Crippen LogP contribution in [0.4, 0.5) is 0 Å². The van der Waals surface area contributed by atoms with Gasteiger partial charge in [-0.05, 0) is 48.2 Å². The van der Waals surface area contributed by atoms with E-state index in [4.69, 9.17) is 11.6 Å². The van der Waals surface area contributed by atoms with Crippen LogP contribution < -0.4 is 5.32 Å². The third-order valence-corrected chi connectivity index (χ3v) is 5.55. The van der Waals surface area contributed by atoms with Crippen LogP contribution in [-0.4, -0.2) is 23.1 Å². The molecule has 2 aromatic carbocycles. The van der Waals surface area contributed by atoms with Gasteiger partial charge in [0.15, 0.2) is 0 Å². The molecule has 1 aromatic heterocycles. The van der Waals surface area contributed by atoms with Gasteiger partial charge in [-0.2, -0.15) is 0 Å². The second kappa shape index (κ2) is 6.27. The molecule has 2 heterocycles. The monoisotopic (exact) mass is 389 g/mol. The van der Waals surface area contributed by atoms with Crippen LogP contribution in [0.3, 0.4) is 0 Å². The van der Waals surface area contributed by atoms with E-state index < -0.39 is 0 Å². The lowest BCUT2D eigenvalue weighted by molar-refractivity contribution is 0.405. The van der Waals surface area contributed by atoms with Crippen molar-refractivity contribution in [3.05, 3.63) is 63.3 Å². The van der Waals surface area contributed by atoms with Crippen LogP contribution in [0, 0.1) is 0 Å². The molecule has 3 nitrogen and oxygen atoms in total. The van der Waals surface area contributed by atoms with E-state index in [0.29, 0.717) is 11.8 Å². The number of piperidine rings is 1. The highest BCUT2D eigenvalue weighted by Gasteiger charge is 2.30. The third kappa shape index (κ3) is 2.80. The van der Waals surface area contributed by atoms with Gasteiger partial charge in [0.2, 0.25) is 0 Å². The average Bonchev–Trinajstić information content (AvgIpc) is 3.04. The molecule has 3 aromatic rings. The van der Waals surface area contributed by atoms with E-state index in [1.807, 2.05) is 6.07 Å². The zero-order valence-electron chi connectivity index (χ0n) is 12.5. The number of para-hydroxylation sites is 1. The standard InChI is InChI=1S/C18H17BrClN3/c19-11-4-5-13(16(20)8-11)15-9-21-7-6-12(15)14-2-1-3-17-18(14)23-10-22-17/h1-5,8,10,12,15,21H,6-7,9H2,(H,22,23)/t12-,15+/m1/s1. The SMILES string of the molecule is Clc1cc(Br)ccc1[C@H]1CNCC[C@@H]1c1cccc2[nH]cnc12. The Kier molecular flexibility index (Phi) is 4.14. The first-order chi connectivity index (χ1) is 11.2. The highest BCUT2D eigenvalue weighted by Crippen LogP contribution is 2.42. The lowest BCUT2D eigenvalue weighted by Crippen LogP contribution is -2.34. The maximum absolute atomic E-state index is 6.53. The minimum atomic E-state index is 0.353.